The van der Waals surface area contributed by atoms with Crippen LogP contribution in [0.5, 0.6) is 5.75 Å². The van der Waals surface area contributed by atoms with Crippen LogP contribution < -0.4 is 10.1 Å². The summed E-state index contributed by atoms with van der Waals surface area (Å²) >= 11 is 0. The smallest absolute Gasteiger partial charge is 0.256 e. The van der Waals surface area contributed by atoms with Gasteiger partial charge in [0.05, 0.1) is 18.2 Å². The molecule has 202 valence electrons. The predicted molar refractivity (Wildman–Crippen MR) is 155 cm³/mol. The molecule has 0 unspecified atom stereocenters. The summed E-state index contributed by atoms with van der Waals surface area (Å²) in [6, 6.07) is 13.9. The molecular weight excluding hydrogens is 488 g/mol. The van der Waals surface area contributed by atoms with E-state index in [0.717, 1.165) is 96.2 Å². The Kier molecular flexibility index (Phi) is 7.00. The normalized spacial score (nSPS) is 18.6. The Labute approximate surface area is 229 Å². The number of fused-ring (bicyclic) bond motifs is 2. The van der Waals surface area contributed by atoms with Crippen LogP contribution >= 0.6 is 0 Å². The number of hydrogen-bond donors (Lipinski definition) is 2. The van der Waals surface area contributed by atoms with Gasteiger partial charge in [-0.1, -0.05) is 24.6 Å². The Bertz CT molecular complexity index is 1430. The average molecular weight is 525 g/mol. The van der Waals surface area contributed by atoms with E-state index < -0.39 is 0 Å². The van der Waals surface area contributed by atoms with Gasteiger partial charge in [0.25, 0.3) is 11.8 Å². The number of aryl methyl sites for hydroxylation is 1. The van der Waals surface area contributed by atoms with Crippen LogP contribution in [0.3, 0.4) is 0 Å². The lowest BCUT2D eigenvalue weighted by molar-refractivity contribution is -0.110. The second kappa shape index (κ2) is 10.7. The molecule has 0 spiro atoms. The van der Waals surface area contributed by atoms with Crippen molar-refractivity contribution in [2.75, 3.05) is 45.2 Å². The molecule has 4 heterocycles. The SMILES string of the molecule is COc1ccc(-c2ccc3c(c2)C(=Cc2[nH]c4c(c2C)C(=O)N(CCN2CCCCC2)CCC4)C(=O)N3)cc1. The molecule has 1 aromatic heterocycles. The van der Waals surface area contributed by atoms with E-state index in [2.05, 4.69) is 21.3 Å². The highest BCUT2D eigenvalue weighted by molar-refractivity contribution is 6.35. The van der Waals surface area contributed by atoms with Crippen molar-refractivity contribution in [1.29, 1.82) is 0 Å². The third-order valence-electron chi connectivity index (χ3n) is 8.37. The summed E-state index contributed by atoms with van der Waals surface area (Å²) in [5, 5.41) is 3.00. The van der Waals surface area contributed by atoms with Gasteiger partial charge in [-0.05, 0) is 92.7 Å². The van der Waals surface area contributed by atoms with Gasteiger partial charge >= 0.3 is 0 Å². The lowest BCUT2D eigenvalue weighted by Gasteiger charge is -2.29. The van der Waals surface area contributed by atoms with E-state index in [1.54, 1.807) is 7.11 Å². The molecular formula is C32H36N4O3. The maximum absolute atomic E-state index is 13.7. The molecule has 2 N–H and O–H groups in total. The number of ether oxygens (including phenoxy) is 1. The number of carbonyl (C=O) groups excluding carboxylic acids is 2. The lowest BCUT2D eigenvalue weighted by atomic mass is 9.98. The number of nitrogens with one attached hydrogen (secondary N) is 2. The minimum atomic E-state index is -0.129. The summed E-state index contributed by atoms with van der Waals surface area (Å²) in [6.45, 7) is 6.76. The summed E-state index contributed by atoms with van der Waals surface area (Å²) in [4.78, 5) is 34.7. The quantitative estimate of drug-likeness (QED) is 0.425. The fourth-order valence-electron chi connectivity index (χ4n) is 6.10. The fourth-order valence-corrected chi connectivity index (χ4v) is 6.10. The van der Waals surface area contributed by atoms with Crippen molar-refractivity contribution >= 4 is 29.2 Å². The first-order valence-corrected chi connectivity index (χ1v) is 14.1. The highest BCUT2D eigenvalue weighted by Gasteiger charge is 2.29. The number of aromatic nitrogens is 1. The van der Waals surface area contributed by atoms with E-state index >= 15 is 0 Å². The summed E-state index contributed by atoms with van der Waals surface area (Å²) < 4.78 is 5.29. The molecule has 0 radical (unpaired) electrons. The van der Waals surface area contributed by atoms with Crippen LogP contribution in [-0.4, -0.2) is 66.4 Å². The molecule has 2 amide bonds. The van der Waals surface area contributed by atoms with Gasteiger partial charge in [0.2, 0.25) is 0 Å². The van der Waals surface area contributed by atoms with Gasteiger partial charge in [0, 0.05) is 42.3 Å². The molecule has 0 atom stereocenters. The van der Waals surface area contributed by atoms with Crippen molar-refractivity contribution in [3.8, 4) is 16.9 Å². The third-order valence-corrected chi connectivity index (χ3v) is 8.37. The third kappa shape index (κ3) is 4.99. The number of nitrogens with zero attached hydrogens (tertiary/aromatic N) is 2. The first kappa shape index (κ1) is 25.4. The number of anilines is 1. The maximum atomic E-state index is 13.7. The predicted octanol–water partition coefficient (Wildman–Crippen LogP) is 5.37. The van der Waals surface area contributed by atoms with E-state index in [0.29, 0.717) is 5.57 Å². The number of methoxy groups -OCH3 is 1. The van der Waals surface area contributed by atoms with Crippen molar-refractivity contribution in [2.45, 2.75) is 39.0 Å². The highest BCUT2D eigenvalue weighted by atomic mass is 16.5. The van der Waals surface area contributed by atoms with Gasteiger partial charge in [0.1, 0.15) is 5.75 Å². The summed E-state index contributed by atoms with van der Waals surface area (Å²) in [5.74, 6) is 0.783. The Morgan fingerprint density at radius 2 is 1.69 bits per heavy atom. The molecule has 1 saturated heterocycles. The van der Waals surface area contributed by atoms with Gasteiger partial charge in [-0.25, -0.2) is 0 Å². The molecule has 3 aliphatic rings. The van der Waals surface area contributed by atoms with E-state index in [1.807, 2.05) is 54.3 Å². The Morgan fingerprint density at radius 3 is 2.46 bits per heavy atom. The standard InChI is InChI=1S/C32H36N4O3/c1-21-29(33-28-7-6-16-36(32(38)30(21)28)18-17-35-14-4-3-5-15-35)20-26-25-19-23(10-13-27(25)34-31(26)37)22-8-11-24(39-2)12-9-22/h8-13,19-20,33H,3-7,14-18H2,1-2H3,(H,34,37). The van der Waals surface area contributed by atoms with Crippen LogP contribution in [0.1, 0.15) is 58.6 Å². The average Bonchev–Trinajstić information content (AvgIpc) is 3.39. The minimum Gasteiger partial charge on any atom is -0.497 e. The summed E-state index contributed by atoms with van der Waals surface area (Å²) in [5.41, 5.74) is 7.86. The van der Waals surface area contributed by atoms with Gasteiger partial charge in [-0.3, -0.25) is 9.59 Å². The molecule has 0 bridgehead atoms. The van der Waals surface area contributed by atoms with Crippen molar-refractivity contribution in [3.05, 3.63) is 70.5 Å². The van der Waals surface area contributed by atoms with Crippen LogP contribution in [0.15, 0.2) is 42.5 Å². The number of H-pyrrole nitrogens is 1. The number of carbonyl (C=O) groups is 2. The van der Waals surface area contributed by atoms with Crippen LogP contribution in [-0.2, 0) is 11.2 Å². The number of amides is 2. The number of rotatable bonds is 6. The summed E-state index contributed by atoms with van der Waals surface area (Å²) in [6.07, 6.45) is 7.50. The Balaban J connectivity index is 1.28. The molecule has 6 rings (SSSR count). The second-order valence-corrected chi connectivity index (χ2v) is 10.8. The molecule has 0 aliphatic carbocycles. The van der Waals surface area contributed by atoms with Crippen molar-refractivity contribution in [1.82, 2.24) is 14.8 Å². The first-order valence-electron chi connectivity index (χ1n) is 14.1. The van der Waals surface area contributed by atoms with Crippen molar-refractivity contribution < 1.29 is 14.3 Å². The van der Waals surface area contributed by atoms with E-state index in [1.165, 1.54) is 19.3 Å². The second-order valence-electron chi connectivity index (χ2n) is 10.8. The topological polar surface area (TPSA) is 77.7 Å². The van der Waals surface area contributed by atoms with E-state index in [4.69, 9.17) is 4.74 Å². The van der Waals surface area contributed by atoms with Crippen LogP contribution in [0.4, 0.5) is 5.69 Å². The first-order chi connectivity index (χ1) is 19.0. The number of hydrogen-bond acceptors (Lipinski definition) is 4. The number of piperidine rings is 1. The zero-order valence-corrected chi connectivity index (χ0v) is 22.8. The van der Waals surface area contributed by atoms with Gasteiger partial charge < -0.3 is 24.8 Å². The van der Waals surface area contributed by atoms with Gasteiger partial charge in [-0.15, -0.1) is 0 Å². The molecule has 7 heteroatoms. The van der Waals surface area contributed by atoms with Crippen molar-refractivity contribution in [2.24, 2.45) is 0 Å². The van der Waals surface area contributed by atoms with Crippen molar-refractivity contribution in [3.63, 3.8) is 0 Å². The maximum Gasteiger partial charge on any atom is 0.256 e. The zero-order valence-electron chi connectivity index (χ0n) is 22.8. The fraction of sp³-hybridized carbons (Fsp3) is 0.375. The Morgan fingerprint density at radius 1 is 0.923 bits per heavy atom. The largest absolute Gasteiger partial charge is 0.497 e. The Hall–Kier alpha value is -3.84. The monoisotopic (exact) mass is 524 g/mol. The molecule has 7 nitrogen and oxygen atoms in total. The van der Waals surface area contributed by atoms with Crippen LogP contribution in [0, 0.1) is 6.92 Å². The zero-order chi connectivity index (χ0) is 26.9. The van der Waals surface area contributed by atoms with Gasteiger partial charge in [0.15, 0.2) is 0 Å². The molecule has 3 aromatic rings. The number of aromatic amines is 1. The van der Waals surface area contributed by atoms with Crippen LogP contribution in [0.2, 0.25) is 0 Å². The minimum absolute atomic E-state index is 0.107. The van der Waals surface area contributed by atoms with E-state index in [-0.39, 0.29) is 11.8 Å². The molecule has 39 heavy (non-hydrogen) atoms. The molecule has 0 saturated carbocycles. The van der Waals surface area contributed by atoms with Gasteiger partial charge in [-0.2, -0.15) is 0 Å². The van der Waals surface area contributed by atoms with Crippen LogP contribution in [0.25, 0.3) is 22.8 Å². The summed E-state index contributed by atoms with van der Waals surface area (Å²) in [7, 11) is 1.65. The van der Waals surface area contributed by atoms with E-state index in [9.17, 15) is 9.59 Å². The molecule has 2 aromatic carbocycles. The number of benzene rings is 2. The molecule has 3 aliphatic heterocycles. The lowest BCUT2D eigenvalue weighted by Crippen LogP contribution is -2.40. The number of likely N-dealkylation sites (tertiary alicyclic amines) is 1. The molecule has 1 fully saturated rings. The highest BCUT2D eigenvalue weighted by Crippen LogP contribution is 2.37.